The minimum atomic E-state index is 0.256. The second kappa shape index (κ2) is 7.99. The second-order valence-corrected chi connectivity index (χ2v) is 4.50. The SMILES string of the molecule is C/C=C/[C@H](CCc1ccccc1)OPP. The maximum Gasteiger partial charge on any atom is 0.0802 e. The first-order valence-electron chi connectivity index (χ1n) is 5.15. The quantitative estimate of drug-likeness (QED) is 0.540. The van der Waals surface area contributed by atoms with E-state index in [1.807, 2.05) is 13.0 Å². The van der Waals surface area contributed by atoms with Gasteiger partial charge in [0.15, 0.2) is 0 Å². The van der Waals surface area contributed by atoms with Gasteiger partial charge in [-0.1, -0.05) is 51.4 Å². The van der Waals surface area contributed by atoms with Crippen LogP contribution in [0.3, 0.4) is 0 Å². The van der Waals surface area contributed by atoms with E-state index in [1.54, 1.807) is 0 Å². The Bertz CT molecular complexity index is 285. The largest absolute Gasteiger partial charge is 0.351 e. The summed E-state index contributed by atoms with van der Waals surface area (Å²) in [5.74, 6) is 0. The lowest BCUT2D eigenvalue weighted by molar-refractivity contribution is 0.279. The van der Waals surface area contributed by atoms with Gasteiger partial charge in [0.1, 0.15) is 0 Å². The first-order chi connectivity index (χ1) is 7.36. The van der Waals surface area contributed by atoms with Gasteiger partial charge >= 0.3 is 0 Å². The lowest BCUT2D eigenvalue weighted by Crippen LogP contribution is -2.05. The second-order valence-electron chi connectivity index (χ2n) is 3.32. The van der Waals surface area contributed by atoms with Crippen LogP contribution in [-0.2, 0) is 10.9 Å². The van der Waals surface area contributed by atoms with E-state index in [0.717, 1.165) is 12.8 Å². The first kappa shape index (κ1) is 12.8. The average molecular weight is 240 g/mol. The molecule has 1 aromatic carbocycles. The van der Waals surface area contributed by atoms with Gasteiger partial charge in [0.05, 0.1) is 6.10 Å². The van der Waals surface area contributed by atoms with Crippen molar-refractivity contribution in [3.8, 4) is 0 Å². The van der Waals surface area contributed by atoms with Crippen LogP contribution in [0.5, 0.6) is 0 Å². The standard InChI is InChI=1S/C12H18OP2/c1-2-6-12(13-15-14)10-9-11-7-4-3-5-8-11/h2-8,12,15H,9-10,14H2,1H3/b6-2+/t12-/m1/s1. The van der Waals surface area contributed by atoms with Crippen molar-refractivity contribution < 1.29 is 4.52 Å². The Kier molecular flexibility index (Phi) is 6.85. The lowest BCUT2D eigenvalue weighted by atomic mass is 10.1. The molecule has 3 atom stereocenters. The number of hydrogen-bond acceptors (Lipinski definition) is 1. The van der Waals surface area contributed by atoms with Crippen LogP contribution < -0.4 is 0 Å². The molecule has 0 radical (unpaired) electrons. The number of rotatable bonds is 6. The molecule has 0 spiro atoms. The summed E-state index contributed by atoms with van der Waals surface area (Å²) in [6, 6.07) is 10.5. The maximum atomic E-state index is 5.61. The number of hydrogen-bond donors (Lipinski definition) is 0. The van der Waals surface area contributed by atoms with Crippen molar-refractivity contribution in [2.45, 2.75) is 25.9 Å². The van der Waals surface area contributed by atoms with Crippen molar-refractivity contribution in [2.75, 3.05) is 0 Å². The molecule has 0 saturated carbocycles. The van der Waals surface area contributed by atoms with Crippen LogP contribution in [0.1, 0.15) is 18.9 Å². The van der Waals surface area contributed by atoms with E-state index in [2.05, 4.69) is 45.3 Å². The Hall–Kier alpha value is -0.220. The number of allylic oxidation sites excluding steroid dienone is 1. The van der Waals surface area contributed by atoms with E-state index in [4.69, 9.17) is 4.52 Å². The molecule has 0 N–H and O–H groups in total. The molecule has 1 nitrogen and oxygen atoms in total. The van der Waals surface area contributed by atoms with Gasteiger partial charge in [-0.15, -0.1) is 0 Å². The summed E-state index contributed by atoms with van der Waals surface area (Å²) in [4.78, 5) is 0. The summed E-state index contributed by atoms with van der Waals surface area (Å²) >= 11 is 0. The summed E-state index contributed by atoms with van der Waals surface area (Å²) in [5, 5.41) is 0. The maximum absolute atomic E-state index is 5.61. The predicted octanol–water partition coefficient (Wildman–Crippen LogP) is 3.96. The van der Waals surface area contributed by atoms with Crippen molar-refractivity contribution in [2.24, 2.45) is 0 Å². The zero-order valence-corrected chi connectivity index (χ0v) is 11.2. The first-order valence-corrected chi connectivity index (χ1v) is 7.86. The highest BCUT2D eigenvalue weighted by Gasteiger charge is 2.03. The van der Waals surface area contributed by atoms with E-state index in [0.29, 0.717) is 8.50 Å². The Balaban J connectivity index is 2.39. The van der Waals surface area contributed by atoms with Gasteiger partial charge in [0.2, 0.25) is 0 Å². The summed E-state index contributed by atoms with van der Waals surface area (Å²) in [5.41, 5.74) is 1.38. The molecule has 0 aliphatic carbocycles. The molecule has 1 aromatic rings. The summed E-state index contributed by atoms with van der Waals surface area (Å²) in [6.45, 7) is 2.03. The van der Waals surface area contributed by atoms with E-state index in [1.165, 1.54) is 5.56 Å². The van der Waals surface area contributed by atoms with Crippen molar-refractivity contribution in [1.29, 1.82) is 0 Å². The molecule has 0 aliphatic heterocycles. The zero-order chi connectivity index (χ0) is 10.9. The highest BCUT2D eigenvalue weighted by Crippen LogP contribution is 2.26. The van der Waals surface area contributed by atoms with Crippen LogP contribution in [0.15, 0.2) is 42.5 Å². The van der Waals surface area contributed by atoms with E-state index < -0.39 is 0 Å². The van der Waals surface area contributed by atoms with Crippen molar-refractivity contribution in [1.82, 2.24) is 0 Å². The van der Waals surface area contributed by atoms with Crippen LogP contribution in [0.2, 0.25) is 0 Å². The molecule has 0 bridgehead atoms. The Labute approximate surface area is 96.3 Å². The minimum Gasteiger partial charge on any atom is -0.351 e. The Morgan fingerprint density at radius 1 is 1.40 bits per heavy atom. The molecule has 0 heterocycles. The molecule has 15 heavy (non-hydrogen) atoms. The molecule has 0 aromatic heterocycles. The summed E-state index contributed by atoms with van der Waals surface area (Å²) < 4.78 is 5.61. The predicted molar refractivity (Wildman–Crippen MR) is 72.5 cm³/mol. The molecule has 0 amide bonds. The molecule has 0 aliphatic rings. The van der Waals surface area contributed by atoms with Crippen molar-refractivity contribution in [3.05, 3.63) is 48.0 Å². The Morgan fingerprint density at radius 3 is 2.73 bits per heavy atom. The normalized spacial score (nSPS) is 14.0. The third-order valence-corrected chi connectivity index (χ3v) is 3.03. The highest BCUT2D eigenvalue weighted by molar-refractivity contribution is 8.00. The van der Waals surface area contributed by atoms with E-state index in [-0.39, 0.29) is 6.10 Å². The molecule has 0 saturated heterocycles. The van der Waals surface area contributed by atoms with Gasteiger partial charge in [0.25, 0.3) is 0 Å². The molecular weight excluding hydrogens is 222 g/mol. The number of aryl methyl sites for hydroxylation is 1. The van der Waals surface area contributed by atoms with E-state index in [9.17, 15) is 0 Å². The van der Waals surface area contributed by atoms with Crippen molar-refractivity contribution >= 4 is 17.4 Å². The van der Waals surface area contributed by atoms with Crippen LogP contribution in [-0.4, -0.2) is 6.10 Å². The lowest BCUT2D eigenvalue weighted by Gasteiger charge is -2.12. The zero-order valence-electron chi connectivity index (χ0n) is 9.02. The van der Waals surface area contributed by atoms with Crippen LogP contribution in [0.4, 0.5) is 0 Å². The smallest absolute Gasteiger partial charge is 0.0802 e. The summed E-state index contributed by atoms with van der Waals surface area (Å²) in [7, 11) is 3.10. The minimum absolute atomic E-state index is 0.256. The molecule has 2 unspecified atom stereocenters. The fourth-order valence-corrected chi connectivity index (χ4v) is 2.35. The van der Waals surface area contributed by atoms with Crippen LogP contribution in [0, 0.1) is 0 Å². The summed E-state index contributed by atoms with van der Waals surface area (Å²) in [6.07, 6.45) is 6.56. The van der Waals surface area contributed by atoms with Crippen LogP contribution in [0.25, 0.3) is 0 Å². The molecule has 0 fully saturated rings. The monoisotopic (exact) mass is 240 g/mol. The molecule has 1 rings (SSSR count). The van der Waals surface area contributed by atoms with Crippen LogP contribution >= 0.6 is 17.4 Å². The number of benzene rings is 1. The fourth-order valence-electron chi connectivity index (χ4n) is 1.45. The van der Waals surface area contributed by atoms with Gasteiger partial charge in [0, 0.05) is 8.50 Å². The van der Waals surface area contributed by atoms with Gasteiger partial charge in [-0.05, 0) is 25.3 Å². The van der Waals surface area contributed by atoms with Gasteiger partial charge < -0.3 is 4.52 Å². The highest BCUT2D eigenvalue weighted by atomic mass is 32.0. The van der Waals surface area contributed by atoms with Gasteiger partial charge in [-0.2, -0.15) is 0 Å². The van der Waals surface area contributed by atoms with Gasteiger partial charge in [-0.3, -0.25) is 0 Å². The third-order valence-electron chi connectivity index (χ3n) is 2.19. The molecular formula is C12H18OP2. The molecule has 82 valence electrons. The van der Waals surface area contributed by atoms with Gasteiger partial charge in [-0.25, -0.2) is 0 Å². The molecule has 3 heteroatoms. The third kappa shape index (κ3) is 5.42. The Morgan fingerprint density at radius 2 is 2.13 bits per heavy atom. The average Bonchev–Trinajstić information content (AvgIpc) is 2.28. The van der Waals surface area contributed by atoms with Crippen molar-refractivity contribution in [3.63, 3.8) is 0 Å². The topological polar surface area (TPSA) is 9.23 Å². The van der Waals surface area contributed by atoms with E-state index >= 15 is 0 Å². The fraction of sp³-hybridized carbons (Fsp3) is 0.333.